The predicted molar refractivity (Wildman–Crippen MR) is 147 cm³/mol. The number of hydrogen-bond acceptors (Lipinski definition) is 1. The molecule has 0 heterocycles. The predicted octanol–water partition coefficient (Wildman–Crippen LogP) is 12.1. The van der Waals surface area contributed by atoms with Gasteiger partial charge in [-0.1, -0.05) is 161 Å². The monoisotopic (exact) mass is 506 g/mol. The minimum absolute atomic E-state index is 0.306. The van der Waals surface area contributed by atoms with Gasteiger partial charge in [0.2, 0.25) is 0 Å². The van der Waals surface area contributed by atoms with Gasteiger partial charge in [0.05, 0.1) is 0 Å². The molecule has 0 aliphatic rings. The van der Waals surface area contributed by atoms with Gasteiger partial charge < -0.3 is 4.74 Å². The lowest BCUT2D eigenvalue weighted by Gasteiger charge is -2.06. The molecule has 0 aliphatic heterocycles. The average molecular weight is 507 g/mol. The van der Waals surface area contributed by atoms with E-state index in [0.29, 0.717) is 6.42 Å². The number of rotatable bonds is 29. The molecule has 0 aromatic rings. The van der Waals surface area contributed by atoms with Gasteiger partial charge in [0.1, 0.15) is 0 Å². The molecule has 0 atom stereocenters. The zero-order valence-corrected chi connectivity index (χ0v) is 23.5. The third kappa shape index (κ3) is 33.8. The maximum absolute atomic E-state index is 12.1. The summed E-state index contributed by atoms with van der Waals surface area (Å²) >= 11 is 0. The van der Waals surface area contributed by atoms with E-state index in [4.69, 9.17) is 4.74 Å². The summed E-state index contributed by atoms with van der Waals surface area (Å²) in [6.45, 7) is 0.924. The molecule has 0 N–H and O–H groups in total. The van der Waals surface area contributed by atoms with Gasteiger partial charge in [-0.2, -0.15) is 13.2 Å². The van der Waals surface area contributed by atoms with Gasteiger partial charge in [0, 0.05) is 20.1 Å². The first kappa shape index (κ1) is 34.8. The Balaban J connectivity index is 3.03. The van der Waals surface area contributed by atoms with Crippen LogP contribution in [-0.2, 0) is 4.74 Å². The van der Waals surface area contributed by atoms with Gasteiger partial charge in [-0.05, 0) is 12.8 Å². The molecule has 0 rings (SSSR count). The van der Waals surface area contributed by atoms with Crippen molar-refractivity contribution in [3.8, 4) is 0 Å². The standard InChI is InChI=1S/C31H61F3O/c1-35-30-28-26-24-22-20-18-16-14-12-10-8-6-4-2-3-5-7-9-11-13-15-17-19-21-23-25-27-29-31(32,33)34/h2-30H2,1H3. The summed E-state index contributed by atoms with van der Waals surface area (Å²) in [4.78, 5) is 0. The number of methoxy groups -OCH3 is 1. The molecule has 0 fully saturated rings. The third-order valence-corrected chi connectivity index (χ3v) is 7.31. The van der Waals surface area contributed by atoms with Crippen molar-refractivity contribution in [3.63, 3.8) is 0 Å². The molecule has 0 bridgehead atoms. The van der Waals surface area contributed by atoms with E-state index >= 15 is 0 Å². The number of unbranched alkanes of at least 4 members (excludes halogenated alkanes) is 26. The first-order valence-corrected chi connectivity index (χ1v) is 15.6. The summed E-state index contributed by atoms with van der Waals surface area (Å²) in [6, 6.07) is 0. The van der Waals surface area contributed by atoms with Crippen LogP contribution in [0.2, 0.25) is 0 Å². The molecule has 35 heavy (non-hydrogen) atoms. The Hall–Kier alpha value is -0.250. The van der Waals surface area contributed by atoms with Crippen molar-refractivity contribution in [2.24, 2.45) is 0 Å². The second-order valence-corrected chi connectivity index (χ2v) is 10.9. The SMILES string of the molecule is COCCCCCCCCCCCCCCCCCCCCCCCCCCCCCC(F)(F)F. The van der Waals surface area contributed by atoms with Crippen molar-refractivity contribution in [2.45, 2.75) is 186 Å². The first-order chi connectivity index (χ1) is 17.1. The quantitative estimate of drug-likeness (QED) is 0.0916. The van der Waals surface area contributed by atoms with Crippen molar-refractivity contribution >= 4 is 0 Å². The van der Waals surface area contributed by atoms with E-state index < -0.39 is 12.6 Å². The Labute approximate surface area is 217 Å². The number of hydrogen-bond donors (Lipinski definition) is 0. The fourth-order valence-corrected chi connectivity index (χ4v) is 4.99. The minimum Gasteiger partial charge on any atom is -0.385 e. The van der Waals surface area contributed by atoms with Crippen LogP contribution in [0.25, 0.3) is 0 Å². The van der Waals surface area contributed by atoms with Gasteiger partial charge in [-0.3, -0.25) is 0 Å². The molecule has 4 heteroatoms. The summed E-state index contributed by atoms with van der Waals surface area (Å²) in [7, 11) is 1.79. The lowest BCUT2D eigenvalue weighted by Crippen LogP contribution is -2.06. The van der Waals surface area contributed by atoms with Crippen LogP contribution < -0.4 is 0 Å². The maximum Gasteiger partial charge on any atom is 0.389 e. The Kier molecular flexibility index (Phi) is 28.1. The molecule has 0 aromatic carbocycles. The van der Waals surface area contributed by atoms with Crippen LogP contribution in [0.4, 0.5) is 13.2 Å². The van der Waals surface area contributed by atoms with Gasteiger partial charge in [0.25, 0.3) is 0 Å². The van der Waals surface area contributed by atoms with E-state index in [0.717, 1.165) is 25.9 Å². The summed E-state index contributed by atoms with van der Waals surface area (Å²) in [6.07, 6.45) is 30.3. The summed E-state index contributed by atoms with van der Waals surface area (Å²) in [5.74, 6) is 0. The Morgan fingerprint density at radius 3 is 0.743 bits per heavy atom. The molecule has 0 amide bonds. The van der Waals surface area contributed by atoms with Crippen molar-refractivity contribution in [3.05, 3.63) is 0 Å². The fraction of sp³-hybridized carbons (Fsp3) is 1.00. The molecule has 0 radical (unpaired) electrons. The normalized spacial score (nSPS) is 12.0. The molecule has 0 saturated heterocycles. The lowest BCUT2D eigenvalue weighted by atomic mass is 10.0. The van der Waals surface area contributed by atoms with Gasteiger partial charge >= 0.3 is 6.18 Å². The van der Waals surface area contributed by atoms with E-state index in [1.165, 1.54) is 148 Å². The molecule has 0 saturated carbocycles. The van der Waals surface area contributed by atoms with Crippen LogP contribution >= 0.6 is 0 Å². The van der Waals surface area contributed by atoms with Crippen LogP contribution in [0, 0.1) is 0 Å². The summed E-state index contributed by atoms with van der Waals surface area (Å²) in [5.41, 5.74) is 0. The van der Waals surface area contributed by atoms with Crippen LogP contribution in [0.5, 0.6) is 0 Å². The first-order valence-electron chi connectivity index (χ1n) is 15.6. The van der Waals surface area contributed by atoms with Gasteiger partial charge in [-0.15, -0.1) is 0 Å². The molecule has 0 aliphatic carbocycles. The second-order valence-electron chi connectivity index (χ2n) is 10.9. The number of alkyl halides is 3. The fourth-order valence-electron chi connectivity index (χ4n) is 4.99. The van der Waals surface area contributed by atoms with Crippen molar-refractivity contribution < 1.29 is 17.9 Å². The van der Waals surface area contributed by atoms with E-state index in [9.17, 15) is 13.2 Å². The van der Waals surface area contributed by atoms with Crippen molar-refractivity contribution in [1.29, 1.82) is 0 Å². The minimum atomic E-state index is -3.97. The number of halogens is 3. The van der Waals surface area contributed by atoms with Crippen molar-refractivity contribution in [2.75, 3.05) is 13.7 Å². The van der Waals surface area contributed by atoms with E-state index in [1.807, 2.05) is 0 Å². The van der Waals surface area contributed by atoms with E-state index in [1.54, 1.807) is 7.11 Å². The highest BCUT2D eigenvalue weighted by Gasteiger charge is 2.25. The van der Waals surface area contributed by atoms with Gasteiger partial charge in [0.15, 0.2) is 0 Å². The van der Waals surface area contributed by atoms with Gasteiger partial charge in [-0.25, -0.2) is 0 Å². The highest BCUT2D eigenvalue weighted by atomic mass is 19.4. The maximum atomic E-state index is 12.1. The van der Waals surface area contributed by atoms with Crippen LogP contribution in [-0.4, -0.2) is 19.9 Å². The molecule has 0 unspecified atom stereocenters. The second kappa shape index (κ2) is 28.3. The Bertz CT molecular complexity index is 384. The van der Waals surface area contributed by atoms with Crippen LogP contribution in [0.1, 0.15) is 180 Å². The molecule has 1 nitrogen and oxygen atoms in total. The molecule has 0 aromatic heterocycles. The molecule has 212 valence electrons. The summed E-state index contributed by atoms with van der Waals surface area (Å²) in [5, 5.41) is 0. The largest absolute Gasteiger partial charge is 0.389 e. The third-order valence-electron chi connectivity index (χ3n) is 7.31. The van der Waals surface area contributed by atoms with E-state index in [2.05, 4.69) is 0 Å². The number of ether oxygens (including phenoxy) is 1. The lowest BCUT2D eigenvalue weighted by molar-refractivity contribution is -0.135. The van der Waals surface area contributed by atoms with Crippen LogP contribution in [0.3, 0.4) is 0 Å². The molecule has 0 spiro atoms. The zero-order chi connectivity index (χ0) is 25.7. The molecular weight excluding hydrogens is 445 g/mol. The zero-order valence-electron chi connectivity index (χ0n) is 23.5. The van der Waals surface area contributed by atoms with Crippen molar-refractivity contribution in [1.82, 2.24) is 0 Å². The average Bonchev–Trinajstić information content (AvgIpc) is 2.82. The van der Waals surface area contributed by atoms with E-state index in [-0.39, 0.29) is 0 Å². The highest BCUT2D eigenvalue weighted by Crippen LogP contribution is 2.23. The smallest absolute Gasteiger partial charge is 0.385 e. The Morgan fingerprint density at radius 1 is 0.343 bits per heavy atom. The topological polar surface area (TPSA) is 9.23 Å². The summed E-state index contributed by atoms with van der Waals surface area (Å²) < 4.78 is 41.3. The van der Waals surface area contributed by atoms with Crippen LogP contribution in [0.15, 0.2) is 0 Å². The Morgan fingerprint density at radius 2 is 0.543 bits per heavy atom. The highest BCUT2D eigenvalue weighted by molar-refractivity contribution is 4.54. The molecular formula is C31H61F3O.